The third-order valence-corrected chi connectivity index (χ3v) is 6.18. The van der Waals surface area contributed by atoms with Crippen molar-refractivity contribution in [3.05, 3.63) is 140 Å². The highest BCUT2D eigenvalue weighted by Crippen LogP contribution is 2.31. The number of para-hydroxylation sites is 1. The van der Waals surface area contributed by atoms with Gasteiger partial charge in [-0.05, 0) is 34.4 Å². The zero-order valence-corrected chi connectivity index (χ0v) is 19.1. The summed E-state index contributed by atoms with van der Waals surface area (Å²) in [6.45, 7) is 0. The van der Waals surface area contributed by atoms with Gasteiger partial charge >= 0.3 is 0 Å². The molecule has 0 fully saturated rings. The van der Waals surface area contributed by atoms with Crippen molar-refractivity contribution in [3.8, 4) is 50.7 Å². The van der Waals surface area contributed by atoms with E-state index in [0.717, 1.165) is 28.5 Å². The maximum Gasteiger partial charge on any atom is 0.168 e. The lowest BCUT2D eigenvalue weighted by Gasteiger charge is -2.12. The summed E-state index contributed by atoms with van der Waals surface area (Å²) in [4.78, 5) is 0. The first kappa shape index (κ1) is 20.8. The number of aromatic nitrogens is 3. The van der Waals surface area contributed by atoms with E-state index in [-0.39, 0.29) is 0 Å². The number of hydrogen-bond donors (Lipinski definition) is 0. The van der Waals surface area contributed by atoms with Gasteiger partial charge in [-0.1, -0.05) is 127 Å². The van der Waals surface area contributed by atoms with Crippen molar-refractivity contribution >= 4 is 0 Å². The van der Waals surface area contributed by atoms with Crippen LogP contribution in [0.5, 0.6) is 0 Å². The van der Waals surface area contributed by atoms with Gasteiger partial charge in [-0.25, -0.2) is 0 Å². The lowest BCUT2D eigenvalue weighted by molar-refractivity contribution is 1.07. The Bertz CT molecular complexity index is 1430. The van der Waals surface area contributed by atoms with Crippen LogP contribution in [-0.2, 0) is 0 Å². The molecule has 0 atom stereocenters. The van der Waals surface area contributed by atoms with Crippen molar-refractivity contribution in [2.75, 3.05) is 0 Å². The third kappa shape index (κ3) is 4.16. The summed E-state index contributed by atoms with van der Waals surface area (Å²) in [7, 11) is 0. The van der Waals surface area contributed by atoms with Gasteiger partial charge in [0.1, 0.15) is 0 Å². The molecule has 0 saturated heterocycles. The summed E-state index contributed by atoms with van der Waals surface area (Å²) >= 11 is 0. The van der Waals surface area contributed by atoms with E-state index in [1.165, 1.54) is 22.3 Å². The molecule has 166 valence electrons. The topological polar surface area (TPSA) is 30.7 Å². The van der Waals surface area contributed by atoms with Crippen molar-refractivity contribution in [1.29, 1.82) is 0 Å². The van der Waals surface area contributed by atoms with Crippen LogP contribution in [0.4, 0.5) is 0 Å². The van der Waals surface area contributed by atoms with Crippen LogP contribution in [0.3, 0.4) is 0 Å². The average Bonchev–Trinajstić information content (AvgIpc) is 3.40. The van der Waals surface area contributed by atoms with Crippen LogP contribution < -0.4 is 0 Å². The minimum atomic E-state index is 0.818. The van der Waals surface area contributed by atoms with E-state index in [4.69, 9.17) is 0 Å². The molecular weight excluding hydrogens is 426 g/mol. The molecule has 3 nitrogen and oxygen atoms in total. The molecule has 35 heavy (non-hydrogen) atoms. The third-order valence-electron chi connectivity index (χ3n) is 6.18. The number of rotatable bonds is 5. The SMILES string of the molecule is c1ccc(-c2ccc(-c3nnc(-c4ccc(-c5ccccc5)cc4)n3-c3ccccc3)cc2)cc1. The van der Waals surface area contributed by atoms with Crippen LogP contribution in [0.2, 0.25) is 0 Å². The highest BCUT2D eigenvalue weighted by Gasteiger charge is 2.17. The second-order valence-electron chi connectivity index (χ2n) is 8.40. The molecule has 0 spiro atoms. The summed E-state index contributed by atoms with van der Waals surface area (Å²) < 4.78 is 2.13. The molecule has 0 aliphatic rings. The maximum atomic E-state index is 4.64. The van der Waals surface area contributed by atoms with Gasteiger partial charge in [-0.3, -0.25) is 4.57 Å². The van der Waals surface area contributed by atoms with Gasteiger partial charge in [0.25, 0.3) is 0 Å². The molecule has 0 N–H and O–H groups in total. The molecule has 5 aromatic carbocycles. The fourth-order valence-electron chi connectivity index (χ4n) is 4.36. The fourth-order valence-corrected chi connectivity index (χ4v) is 4.36. The molecule has 0 radical (unpaired) electrons. The van der Waals surface area contributed by atoms with E-state index in [1.54, 1.807) is 0 Å². The molecule has 1 aromatic heterocycles. The normalized spacial score (nSPS) is 10.9. The quantitative estimate of drug-likeness (QED) is 0.267. The Morgan fingerprint density at radius 2 is 0.629 bits per heavy atom. The monoisotopic (exact) mass is 449 g/mol. The summed E-state index contributed by atoms with van der Waals surface area (Å²) in [6.07, 6.45) is 0. The Balaban J connectivity index is 1.42. The second kappa shape index (κ2) is 9.24. The Morgan fingerprint density at radius 3 is 1.03 bits per heavy atom. The van der Waals surface area contributed by atoms with E-state index in [2.05, 4.69) is 124 Å². The zero-order valence-electron chi connectivity index (χ0n) is 19.1. The Kier molecular flexibility index (Phi) is 5.50. The summed E-state index contributed by atoms with van der Waals surface area (Å²) in [5.41, 5.74) is 7.82. The van der Waals surface area contributed by atoms with Gasteiger partial charge in [0.15, 0.2) is 11.6 Å². The first-order valence-electron chi connectivity index (χ1n) is 11.7. The first-order valence-corrected chi connectivity index (χ1v) is 11.7. The lowest BCUT2D eigenvalue weighted by atomic mass is 10.0. The van der Waals surface area contributed by atoms with E-state index in [0.29, 0.717) is 0 Å². The van der Waals surface area contributed by atoms with Crippen LogP contribution in [-0.4, -0.2) is 14.8 Å². The standard InChI is InChI=1S/C32H23N3/c1-4-10-24(11-5-1)26-16-20-28(21-17-26)31-33-34-32(35(31)30-14-8-3-9-15-30)29-22-18-27(19-23-29)25-12-6-2-7-13-25/h1-23H. The molecular formula is C32H23N3. The molecule has 0 amide bonds. The number of hydrogen-bond acceptors (Lipinski definition) is 2. The Labute approximate surface area is 205 Å². The van der Waals surface area contributed by atoms with Gasteiger partial charge in [0.05, 0.1) is 0 Å². The smallest absolute Gasteiger partial charge is 0.168 e. The highest BCUT2D eigenvalue weighted by atomic mass is 15.3. The molecule has 1 heterocycles. The zero-order chi connectivity index (χ0) is 23.5. The van der Waals surface area contributed by atoms with Crippen LogP contribution in [0, 0.1) is 0 Å². The van der Waals surface area contributed by atoms with Crippen LogP contribution >= 0.6 is 0 Å². The van der Waals surface area contributed by atoms with Crippen molar-refractivity contribution in [2.45, 2.75) is 0 Å². The second-order valence-corrected chi connectivity index (χ2v) is 8.40. The largest absolute Gasteiger partial charge is 0.275 e. The van der Waals surface area contributed by atoms with Gasteiger partial charge in [-0.15, -0.1) is 10.2 Å². The minimum Gasteiger partial charge on any atom is -0.275 e. The van der Waals surface area contributed by atoms with E-state index in [1.807, 2.05) is 30.3 Å². The van der Waals surface area contributed by atoms with E-state index in [9.17, 15) is 0 Å². The van der Waals surface area contributed by atoms with Gasteiger partial charge < -0.3 is 0 Å². The first-order chi connectivity index (χ1) is 17.4. The Morgan fingerprint density at radius 1 is 0.314 bits per heavy atom. The summed E-state index contributed by atoms with van der Waals surface area (Å²) in [5, 5.41) is 9.27. The van der Waals surface area contributed by atoms with Crippen molar-refractivity contribution in [1.82, 2.24) is 14.8 Å². The predicted octanol–water partition coefficient (Wildman–Crippen LogP) is 7.94. The van der Waals surface area contributed by atoms with Crippen molar-refractivity contribution < 1.29 is 0 Å². The lowest BCUT2D eigenvalue weighted by Crippen LogP contribution is -2.00. The number of nitrogens with zero attached hydrogens (tertiary/aromatic N) is 3. The van der Waals surface area contributed by atoms with Crippen LogP contribution in [0.25, 0.3) is 50.7 Å². The predicted molar refractivity (Wildman–Crippen MR) is 143 cm³/mol. The molecule has 6 rings (SSSR count). The van der Waals surface area contributed by atoms with Gasteiger partial charge in [0, 0.05) is 16.8 Å². The number of benzene rings is 5. The average molecular weight is 450 g/mol. The molecule has 0 aliphatic heterocycles. The molecule has 0 saturated carbocycles. The highest BCUT2D eigenvalue weighted by molar-refractivity contribution is 5.72. The molecule has 0 unspecified atom stereocenters. The van der Waals surface area contributed by atoms with Crippen molar-refractivity contribution in [3.63, 3.8) is 0 Å². The Hall–Kier alpha value is -4.76. The molecule has 3 heteroatoms. The summed E-state index contributed by atoms with van der Waals surface area (Å²) in [5.74, 6) is 1.64. The van der Waals surface area contributed by atoms with Crippen molar-refractivity contribution in [2.24, 2.45) is 0 Å². The van der Waals surface area contributed by atoms with E-state index < -0.39 is 0 Å². The molecule has 0 bridgehead atoms. The van der Waals surface area contributed by atoms with Gasteiger partial charge in [-0.2, -0.15) is 0 Å². The summed E-state index contributed by atoms with van der Waals surface area (Å²) in [6, 6.07) is 48.1. The molecule has 6 aromatic rings. The van der Waals surface area contributed by atoms with Crippen LogP contribution in [0.1, 0.15) is 0 Å². The fraction of sp³-hybridized carbons (Fsp3) is 0. The van der Waals surface area contributed by atoms with Gasteiger partial charge in [0.2, 0.25) is 0 Å². The maximum absolute atomic E-state index is 4.64. The van der Waals surface area contributed by atoms with Crippen LogP contribution in [0.15, 0.2) is 140 Å². The minimum absolute atomic E-state index is 0.818. The molecule has 0 aliphatic carbocycles. The van der Waals surface area contributed by atoms with E-state index >= 15 is 0 Å².